The number of rotatable bonds is 7. The maximum absolute atomic E-state index is 12.4. The summed E-state index contributed by atoms with van der Waals surface area (Å²) in [6, 6.07) is 7.97. The number of hydrogen-bond donors (Lipinski definition) is 0. The number of nitrogens with zero attached hydrogens (tertiary/aromatic N) is 8. The Morgan fingerprint density at radius 3 is 2.76 bits per heavy atom. The molecule has 37 heavy (non-hydrogen) atoms. The topological polar surface area (TPSA) is 126 Å². The van der Waals surface area contributed by atoms with Crippen molar-refractivity contribution < 1.29 is 14.1 Å². The van der Waals surface area contributed by atoms with Crippen LogP contribution in [-0.4, -0.2) is 61.7 Å². The van der Waals surface area contributed by atoms with E-state index in [1.54, 1.807) is 29.9 Å². The van der Waals surface area contributed by atoms with Gasteiger partial charge in [0.25, 0.3) is 5.89 Å². The van der Waals surface area contributed by atoms with Gasteiger partial charge >= 0.3 is 0 Å². The molecule has 1 unspecified atom stereocenters. The third kappa shape index (κ3) is 4.86. The van der Waals surface area contributed by atoms with E-state index in [4.69, 9.17) is 14.2 Å². The number of nitriles is 1. The lowest BCUT2D eigenvalue weighted by atomic mass is 10.1. The summed E-state index contributed by atoms with van der Waals surface area (Å²) in [5.41, 5.74) is 2.70. The monoisotopic (exact) mass is 498 g/mol. The van der Waals surface area contributed by atoms with Crippen molar-refractivity contribution >= 4 is 17.2 Å². The molecule has 1 saturated heterocycles. The Labute approximate surface area is 213 Å². The smallest absolute Gasteiger partial charge is 0.264 e. The van der Waals surface area contributed by atoms with Gasteiger partial charge in [0.05, 0.1) is 29.4 Å². The van der Waals surface area contributed by atoms with E-state index in [0.29, 0.717) is 54.7 Å². The Hall–Kier alpha value is -4.72. The summed E-state index contributed by atoms with van der Waals surface area (Å²) in [7, 11) is 0. The van der Waals surface area contributed by atoms with Crippen LogP contribution in [0.25, 0.3) is 16.6 Å². The summed E-state index contributed by atoms with van der Waals surface area (Å²) in [4.78, 5) is 25.3. The van der Waals surface area contributed by atoms with Crippen LogP contribution in [0.15, 0.2) is 54.0 Å². The second-order valence-electron chi connectivity index (χ2n) is 8.82. The van der Waals surface area contributed by atoms with Crippen molar-refractivity contribution in [2.24, 2.45) is 5.92 Å². The van der Waals surface area contributed by atoms with Crippen LogP contribution in [0.1, 0.15) is 24.2 Å². The molecule has 11 nitrogen and oxygen atoms in total. The molecule has 0 bridgehead atoms. The summed E-state index contributed by atoms with van der Waals surface area (Å²) in [5, 5.41) is 17.7. The Bertz CT molecular complexity index is 1480. The van der Waals surface area contributed by atoms with Gasteiger partial charge in [0, 0.05) is 43.5 Å². The Kier molecular flexibility index (Phi) is 6.55. The first-order valence-corrected chi connectivity index (χ1v) is 11.9. The third-order valence-corrected chi connectivity index (χ3v) is 6.36. The van der Waals surface area contributed by atoms with Crippen LogP contribution in [0, 0.1) is 24.2 Å². The minimum atomic E-state index is -0.182. The second-order valence-corrected chi connectivity index (χ2v) is 8.82. The zero-order chi connectivity index (χ0) is 25.9. The zero-order valence-corrected chi connectivity index (χ0v) is 20.7. The van der Waals surface area contributed by atoms with Crippen LogP contribution in [-0.2, 0) is 11.4 Å². The molecule has 0 saturated carbocycles. The number of ether oxygens (including phenoxy) is 1. The van der Waals surface area contributed by atoms with Crippen molar-refractivity contribution in [3.05, 3.63) is 66.7 Å². The van der Waals surface area contributed by atoms with E-state index in [-0.39, 0.29) is 18.4 Å². The fraction of sp³-hybridized carbons (Fsp3) is 0.308. The molecule has 1 aliphatic rings. The third-order valence-electron chi connectivity index (χ3n) is 6.36. The number of carbonyl (C=O) groups is 1. The minimum Gasteiger partial charge on any atom is -0.482 e. The Balaban J connectivity index is 1.37. The number of fused-ring (bicyclic) bond motifs is 1. The first-order valence-electron chi connectivity index (χ1n) is 11.9. The van der Waals surface area contributed by atoms with Gasteiger partial charge in [-0.25, -0.2) is 9.50 Å². The summed E-state index contributed by atoms with van der Waals surface area (Å²) in [6.45, 7) is 10.1. The van der Waals surface area contributed by atoms with Gasteiger partial charge in [-0.15, -0.1) is 6.58 Å². The highest BCUT2D eigenvalue weighted by Gasteiger charge is 2.24. The number of aromatic nitrogens is 5. The van der Waals surface area contributed by atoms with Gasteiger partial charge in [-0.3, -0.25) is 4.79 Å². The summed E-state index contributed by atoms with van der Waals surface area (Å²) in [5.74, 6) is 2.18. The average molecular weight is 499 g/mol. The molecule has 0 radical (unpaired) electrons. The SMILES string of the molecule is C=CC(C)C(=O)N1CCN(c2ccc(-c3cc(OCc4nc(C)no4)cn4ncc(C#N)c34)cn2)CC1. The zero-order valence-electron chi connectivity index (χ0n) is 20.7. The van der Waals surface area contributed by atoms with Crippen molar-refractivity contribution in [1.29, 1.82) is 5.26 Å². The maximum atomic E-state index is 12.4. The molecule has 0 aromatic carbocycles. The lowest BCUT2D eigenvalue weighted by molar-refractivity contribution is -0.133. The van der Waals surface area contributed by atoms with Crippen molar-refractivity contribution in [3.63, 3.8) is 0 Å². The van der Waals surface area contributed by atoms with Crippen molar-refractivity contribution in [3.8, 4) is 22.9 Å². The van der Waals surface area contributed by atoms with Crippen LogP contribution in [0.5, 0.6) is 5.75 Å². The predicted octanol–water partition coefficient (Wildman–Crippen LogP) is 3.01. The van der Waals surface area contributed by atoms with E-state index >= 15 is 0 Å². The molecule has 11 heteroatoms. The van der Waals surface area contributed by atoms with Gasteiger partial charge in [-0.1, -0.05) is 18.2 Å². The van der Waals surface area contributed by atoms with Crippen molar-refractivity contribution in [2.45, 2.75) is 20.5 Å². The average Bonchev–Trinajstić information content (AvgIpc) is 3.56. The molecule has 5 heterocycles. The van der Waals surface area contributed by atoms with Crippen LogP contribution in [0.3, 0.4) is 0 Å². The Morgan fingerprint density at radius 1 is 1.30 bits per heavy atom. The number of piperazine rings is 1. The molecule has 1 fully saturated rings. The number of pyridine rings is 2. The number of hydrogen-bond acceptors (Lipinski definition) is 9. The van der Waals surface area contributed by atoms with E-state index in [9.17, 15) is 10.1 Å². The first-order chi connectivity index (χ1) is 18.0. The molecule has 188 valence electrons. The van der Waals surface area contributed by atoms with Crippen molar-refractivity contribution in [2.75, 3.05) is 31.1 Å². The second kappa shape index (κ2) is 10.1. The van der Waals surface area contributed by atoms with Crippen LogP contribution in [0.4, 0.5) is 5.82 Å². The van der Waals surface area contributed by atoms with Gasteiger partial charge < -0.3 is 19.1 Å². The highest BCUT2D eigenvalue weighted by molar-refractivity contribution is 5.85. The number of aryl methyl sites for hydroxylation is 1. The van der Waals surface area contributed by atoms with Gasteiger partial charge in [-0.05, 0) is 25.1 Å². The molecule has 5 rings (SSSR count). The fourth-order valence-electron chi connectivity index (χ4n) is 4.30. The first kappa shape index (κ1) is 24.0. The van der Waals surface area contributed by atoms with Gasteiger partial charge in [0.15, 0.2) is 12.4 Å². The lowest BCUT2D eigenvalue weighted by Gasteiger charge is -2.36. The number of carbonyl (C=O) groups excluding carboxylic acids is 1. The summed E-state index contributed by atoms with van der Waals surface area (Å²) >= 11 is 0. The minimum absolute atomic E-state index is 0.104. The molecule has 0 N–H and O–H groups in total. The number of amides is 1. The molecular formula is C26H26N8O3. The molecule has 0 aliphatic carbocycles. The highest BCUT2D eigenvalue weighted by atomic mass is 16.5. The maximum Gasteiger partial charge on any atom is 0.264 e. The molecule has 4 aromatic heterocycles. The van der Waals surface area contributed by atoms with Crippen molar-refractivity contribution in [1.82, 2.24) is 29.6 Å². The lowest BCUT2D eigenvalue weighted by Crippen LogP contribution is -2.50. The van der Waals surface area contributed by atoms with E-state index < -0.39 is 0 Å². The van der Waals surface area contributed by atoms with Crippen LogP contribution < -0.4 is 9.64 Å². The quantitative estimate of drug-likeness (QED) is 0.353. The molecule has 0 spiro atoms. The molecule has 1 aliphatic heterocycles. The van der Waals surface area contributed by atoms with E-state index in [1.165, 1.54) is 6.20 Å². The van der Waals surface area contributed by atoms with Gasteiger partial charge in [-0.2, -0.15) is 15.3 Å². The predicted molar refractivity (Wildman–Crippen MR) is 135 cm³/mol. The van der Waals surface area contributed by atoms with E-state index in [0.717, 1.165) is 16.9 Å². The van der Waals surface area contributed by atoms with Crippen LogP contribution in [0.2, 0.25) is 0 Å². The fourth-order valence-corrected chi connectivity index (χ4v) is 4.30. The Morgan fingerprint density at radius 2 is 2.11 bits per heavy atom. The standard InChI is InChI=1S/C26H26N8O3/c1-4-17(2)26(35)33-9-7-32(8-10-33)23-6-5-19(13-28-23)22-11-21(36-16-24-30-18(3)31-37-24)15-34-25(22)20(12-27)14-29-34/h4-6,11,13-15,17H,1,7-10,16H2,2-3H3. The van der Waals surface area contributed by atoms with E-state index in [2.05, 4.69) is 32.8 Å². The molecular weight excluding hydrogens is 472 g/mol. The van der Waals surface area contributed by atoms with Gasteiger partial charge in [0.1, 0.15) is 17.6 Å². The molecule has 1 atom stereocenters. The highest BCUT2D eigenvalue weighted by Crippen LogP contribution is 2.31. The summed E-state index contributed by atoms with van der Waals surface area (Å²) < 4.78 is 12.6. The number of anilines is 1. The van der Waals surface area contributed by atoms with E-state index in [1.807, 2.05) is 30.0 Å². The van der Waals surface area contributed by atoms with Gasteiger partial charge in [0.2, 0.25) is 5.91 Å². The van der Waals surface area contributed by atoms with Crippen LogP contribution >= 0.6 is 0 Å². The molecule has 4 aromatic rings. The normalized spacial score (nSPS) is 14.4. The largest absolute Gasteiger partial charge is 0.482 e. The molecule has 1 amide bonds. The summed E-state index contributed by atoms with van der Waals surface area (Å²) in [6.07, 6.45) is 6.69.